The van der Waals surface area contributed by atoms with Crippen LogP contribution in [-0.4, -0.2) is 11.3 Å². The van der Waals surface area contributed by atoms with Gasteiger partial charge in [0.25, 0.3) is 5.24 Å². The van der Waals surface area contributed by atoms with Crippen molar-refractivity contribution in [3.8, 4) is 0 Å². The third kappa shape index (κ3) is 5.26. The maximum absolute atomic E-state index is 11.6. The molecule has 0 heterocycles. The summed E-state index contributed by atoms with van der Waals surface area (Å²) in [5.41, 5.74) is 0. The van der Waals surface area contributed by atoms with Gasteiger partial charge in [0, 0.05) is 6.04 Å². The van der Waals surface area contributed by atoms with Crippen molar-refractivity contribution in [3.05, 3.63) is 11.0 Å². The lowest BCUT2D eigenvalue weighted by Crippen LogP contribution is -2.26. The molecule has 0 saturated heterocycles. The number of carbonyl (C=O) groups excluding carboxylic acids is 1. The molecule has 1 aliphatic carbocycles. The normalized spacial score (nSPS) is 22.1. The second kappa shape index (κ2) is 6.21. The van der Waals surface area contributed by atoms with E-state index < -0.39 is 0 Å². The topological polar surface area (TPSA) is 29.1 Å². The van der Waals surface area contributed by atoms with Crippen molar-refractivity contribution in [1.29, 1.82) is 0 Å². The van der Waals surface area contributed by atoms with Crippen LogP contribution in [0.15, 0.2) is 11.0 Å². The molecule has 86 valence electrons. The van der Waals surface area contributed by atoms with Crippen LogP contribution in [0.1, 0.15) is 46.5 Å². The van der Waals surface area contributed by atoms with Gasteiger partial charge in [-0.05, 0) is 55.7 Å². The van der Waals surface area contributed by atoms with E-state index in [0.717, 1.165) is 6.42 Å². The molecule has 0 bridgehead atoms. The number of carbonyl (C=O) groups is 1. The number of allylic oxidation sites excluding steroid dienone is 2. The summed E-state index contributed by atoms with van der Waals surface area (Å²) in [5.74, 6) is 0.627. The Morgan fingerprint density at radius 3 is 2.93 bits per heavy atom. The molecule has 0 aromatic rings. The first kappa shape index (κ1) is 12.6. The van der Waals surface area contributed by atoms with Gasteiger partial charge in [0.1, 0.15) is 0 Å². The van der Waals surface area contributed by atoms with Gasteiger partial charge in [-0.1, -0.05) is 19.4 Å². The Labute approximate surface area is 96.9 Å². The second-order valence-electron chi connectivity index (χ2n) is 4.54. The van der Waals surface area contributed by atoms with Crippen LogP contribution < -0.4 is 5.32 Å². The van der Waals surface area contributed by atoms with Gasteiger partial charge in [0.2, 0.25) is 0 Å². The fraction of sp³-hybridized carbons (Fsp3) is 0.750. The summed E-state index contributed by atoms with van der Waals surface area (Å²) in [4.78, 5) is 12.8. The number of hydrogen-bond acceptors (Lipinski definition) is 2. The van der Waals surface area contributed by atoms with Crippen LogP contribution >= 0.6 is 11.8 Å². The van der Waals surface area contributed by atoms with E-state index in [-0.39, 0.29) is 11.3 Å². The lowest BCUT2D eigenvalue weighted by atomic mass is 10.1. The van der Waals surface area contributed by atoms with E-state index in [1.165, 1.54) is 35.9 Å². The molecule has 2 nitrogen and oxygen atoms in total. The molecule has 3 heteroatoms. The Kier molecular flexibility index (Phi) is 5.23. The van der Waals surface area contributed by atoms with Crippen LogP contribution in [0.25, 0.3) is 0 Å². The van der Waals surface area contributed by atoms with Gasteiger partial charge in [0.15, 0.2) is 0 Å². The summed E-state index contributed by atoms with van der Waals surface area (Å²) in [5, 5.41) is 3.00. The van der Waals surface area contributed by atoms with Crippen LogP contribution in [0.3, 0.4) is 0 Å². The lowest BCUT2D eigenvalue weighted by Gasteiger charge is -2.09. The minimum Gasteiger partial charge on any atom is -0.345 e. The summed E-state index contributed by atoms with van der Waals surface area (Å²) < 4.78 is 0. The minimum absolute atomic E-state index is 0.0883. The first-order valence-corrected chi connectivity index (χ1v) is 6.58. The van der Waals surface area contributed by atoms with E-state index in [1.807, 2.05) is 13.8 Å². The van der Waals surface area contributed by atoms with Crippen molar-refractivity contribution in [2.45, 2.75) is 52.5 Å². The van der Waals surface area contributed by atoms with Gasteiger partial charge in [-0.2, -0.15) is 0 Å². The molecule has 0 aliphatic heterocycles. The zero-order chi connectivity index (χ0) is 11.3. The molecule has 0 spiro atoms. The number of thioether (sulfide) groups is 1. The Bertz CT molecular complexity index is 248. The molecule has 1 amide bonds. The molecular weight excluding hydrogens is 206 g/mol. The van der Waals surface area contributed by atoms with Crippen LogP contribution in [0.4, 0.5) is 4.79 Å². The van der Waals surface area contributed by atoms with Gasteiger partial charge in [-0.25, -0.2) is 0 Å². The van der Waals surface area contributed by atoms with Crippen molar-refractivity contribution >= 4 is 17.0 Å². The molecule has 0 fully saturated rings. The van der Waals surface area contributed by atoms with E-state index in [1.54, 1.807) is 0 Å². The predicted molar refractivity (Wildman–Crippen MR) is 67.0 cm³/mol. The first-order valence-electron chi connectivity index (χ1n) is 5.77. The third-order valence-electron chi connectivity index (χ3n) is 2.43. The first-order chi connectivity index (χ1) is 7.08. The largest absolute Gasteiger partial charge is 0.345 e. The molecule has 1 rings (SSSR count). The average molecular weight is 227 g/mol. The maximum Gasteiger partial charge on any atom is 0.283 e. The Balaban J connectivity index is 2.45. The highest BCUT2D eigenvalue weighted by atomic mass is 32.2. The predicted octanol–water partition coefficient (Wildman–Crippen LogP) is 3.93. The summed E-state index contributed by atoms with van der Waals surface area (Å²) >= 11 is 1.38. The van der Waals surface area contributed by atoms with Crippen molar-refractivity contribution in [2.75, 3.05) is 0 Å². The molecule has 1 N–H and O–H groups in total. The van der Waals surface area contributed by atoms with Gasteiger partial charge >= 0.3 is 0 Å². The van der Waals surface area contributed by atoms with E-state index >= 15 is 0 Å². The number of amides is 1. The summed E-state index contributed by atoms with van der Waals surface area (Å²) in [6.45, 7) is 6.21. The molecule has 15 heavy (non-hydrogen) atoms. The van der Waals surface area contributed by atoms with E-state index in [0.29, 0.717) is 5.92 Å². The molecule has 0 unspecified atom stereocenters. The zero-order valence-electron chi connectivity index (χ0n) is 9.88. The quantitative estimate of drug-likeness (QED) is 0.774. The van der Waals surface area contributed by atoms with Crippen LogP contribution in [0.5, 0.6) is 0 Å². The molecule has 0 saturated carbocycles. The maximum atomic E-state index is 11.6. The Hall–Kier alpha value is -0.440. The van der Waals surface area contributed by atoms with E-state index in [4.69, 9.17) is 0 Å². The van der Waals surface area contributed by atoms with Crippen molar-refractivity contribution in [1.82, 2.24) is 5.32 Å². The SMILES string of the molecule is CC(C)NC(=O)SC1=C[C@H](C)CCCC1. The molecule has 0 aromatic heterocycles. The fourth-order valence-corrected chi connectivity index (χ4v) is 2.80. The van der Waals surface area contributed by atoms with Gasteiger partial charge < -0.3 is 5.32 Å². The Morgan fingerprint density at radius 1 is 1.53 bits per heavy atom. The average Bonchev–Trinajstić information content (AvgIpc) is 2.28. The van der Waals surface area contributed by atoms with Crippen LogP contribution in [0.2, 0.25) is 0 Å². The molecular formula is C12H21NOS. The second-order valence-corrected chi connectivity index (χ2v) is 5.64. The summed E-state index contributed by atoms with van der Waals surface area (Å²) in [6, 6.07) is 0.230. The molecule has 1 aliphatic rings. The fourth-order valence-electron chi connectivity index (χ4n) is 1.72. The number of rotatable bonds is 2. The standard InChI is InChI=1S/C12H21NOS/c1-9(2)13-12(14)15-11-7-5-4-6-10(3)8-11/h8-10H,4-7H2,1-3H3,(H,13,14)/t10-/m1/s1. The number of hydrogen-bond donors (Lipinski definition) is 1. The van der Waals surface area contributed by atoms with Crippen molar-refractivity contribution < 1.29 is 4.79 Å². The molecule has 1 atom stereocenters. The highest BCUT2D eigenvalue weighted by molar-refractivity contribution is 8.16. The van der Waals surface area contributed by atoms with Gasteiger partial charge in [-0.3, -0.25) is 4.79 Å². The minimum atomic E-state index is 0.0883. The van der Waals surface area contributed by atoms with E-state index in [9.17, 15) is 4.79 Å². The van der Waals surface area contributed by atoms with E-state index in [2.05, 4.69) is 18.3 Å². The Morgan fingerprint density at radius 2 is 2.27 bits per heavy atom. The van der Waals surface area contributed by atoms with Crippen LogP contribution in [0, 0.1) is 5.92 Å². The van der Waals surface area contributed by atoms with Gasteiger partial charge in [-0.15, -0.1) is 0 Å². The highest BCUT2D eigenvalue weighted by Crippen LogP contribution is 2.29. The molecule has 0 radical (unpaired) electrons. The summed E-state index contributed by atoms with van der Waals surface area (Å²) in [7, 11) is 0. The number of nitrogens with one attached hydrogen (secondary N) is 1. The highest BCUT2D eigenvalue weighted by Gasteiger charge is 2.12. The van der Waals surface area contributed by atoms with Gasteiger partial charge in [0.05, 0.1) is 0 Å². The van der Waals surface area contributed by atoms with Crippen LogP contribution in [-0.2, 0) is 0 Å². The smallest absolute Gasteiger partial charge is 0.283 e. The third-order valence-corrected chi connectivity index (χ3v) is 3.34. The van der Waals surface area contributed by atoms with Crippen molar-refractivity contribution in [3.63, 3.8) is 0 Å². The zero-order valence-corrected chi connectivity index (χ0v) is 10.7. The summed E-state index contributed by atoms with van der Waals surface area (Å²) in [6.07, 6.45) is 7.10. The monoisotopic (exact) mass is 227 g/mol. The molecule has 0 aromatic carbocycles. The van der Waals surface area contributed by atoms with Crippen molar-refractivity contribution in [2.24, 2.45) is 5.92 Å². The lowest BCUT2D eigenvalue weighted by molar-refractivity contribution is 0.259.